The van der Waals surface area contributed by atoms with Crippen LogP contribution < -0.4 is 0 Å². The average Bonchev–Trinajstić information content (AvgIpc) is 2.18. The summed E-state index contributed by atoms with van der Waals surface area (Å²) in [6.07, 6.45) is 4.04. The van der Waals surface area contributed by atoms with Crippen molar-refractivity contribution < 1.29 is 4.79 Å². The fraction of sp³-hybridized carbons (Fsp3) is 0.364. The molecule has 2 heteroatoms. The van der Waals surface area contributed by atoms with Crippen LogP contribution in [0.5, 0.6) is 0 Å². The van der Waals surface area contributed by atoms with Crippen molar-refractivity contribution in [3.63, 3.8) is 0 Å². The molecule has 0 fully saturated rings. The molecule has 1 aromatic carbocycles. The van der Waals surface area contributed by atoms with E-state index in [2.05, 4.69) is 28.1 Å². The lowest BCUT2D eigenvalue weighted by atomic mass is 9.85. The zero-order chi connectivity index (χ0) is 9.26. The quantitative estimate of drug-likeness (QED) is 0.688. The summed E-state index contributed by atoms with van der Waals surface area (Å²) in [6, 6.07) is 6.26. The Hall–Kier alpha value is -0.630. The number of aryl methyl sites for hydroxylation is 1. The second-order valence-corrected chi connectivity index (χ2v) is 4.37. The van der Waals surface area contributed by atoms with Crippen molar-refractivity contribution in [2.75, 3.05) is 0 Å². The Kier molecular flexibility index (Phi) is 2.49. The van der Waals surface area contributed by atoms with Crippen molar-refractivity contribution in [2.24, 2.45) is 5.92 Å². The van der Waals surface area contributed by atoms with Crippen molar-refractivity contribution in [3.05, 3.63) is 33.8 Å². The van der Waals surface area contributed by atoms with Gasteiger partial charge in [0.05, 0.1) is 0 Å². The molecular weight excluding hydrogens is 228 g/mol. The summed E-state index contributed by atoms with van der Waals surface area (Å²) in [5, 5.41) is 0. The highest BCUT2D eigenvalue weighted by Gasteiger charge is 2.19. The number of hydrogen-bond acceptors (Lipinski definition) is 1. The largest absolute Gasteiger partial charge is 0.303 e. The Morgan fingerprint density at radius 3 is 3.08 bits per heavy atom. The molecule has 0 N–H and O–H groups in total. The summed E-state index contributed by atoms with van der Waals surface area (Å²) in [4.78, 5) is 10.7. The van der Waals surface area contributed by atoms with Crippen molar-refractivity contribution in [3.8, 4) is 0 Å². The van der Waals surface area contributed by atoms with Crippen LogP contribution in [0, 0.1) is 5.92 Å². The molecule has 1 aliphatic rings. The van der Waals surface area contributed by atoms with E-state index in [9.17, 15) is 4.79 Å². The van der Waals surface area contributed by atoms with Gasteiger partial charge in [-0.1, -0.05) is 28.1 Å². The van der Waals surface area contributed by atoms with Gasteiger partial charge < -0.3 is 4.79 Å². The molecule has 0 radical (unpaired) electrons. The molecule has 68 valence electrons. The number of aldehydes is 1. The highest BCUT2D eigenvalue weighted by molar-refractivity contribution is 9.10. The minimum atomic E-state index is 0.228. The Morgan fingerprint density at radius 2 is 2.31 bits per heavy atom. The Balaban J connectivity index is 2.37. The van der Waals surface area contributed by atoms with E-state index in [0.717, 1.165) is 30.0 Å². The minimum Gasteiger partial charge on any atom is -0.303 e. The van der Waals surface area contributed by atoms with E-state index in [1.54, 1.807) is 0 Å². The van der Waals surface area contributed by atoms with Gasteiger partial charge in [0.1, 0.15) is 6.29 Å². The van der Waals surface area contributed by atoms with Crippen molar-refractivity contribution in [2.45, 2.75) is 19.3 Å². The third kappa shape index (κ3) is 1.68. The molecule has 1 aliphatic carbocycles. The maximum atomic E-state index is 10.7. The number of fused-ring (bicyclic) bond motifs is 1. The summed E-state index contributed by atoms with van der Waals surface area (Å²) < 4.78 is 1.15. The fourth-order valence-corrected chi connectivity index (χ4v) is 2.46. The molecule has 0 aromatic heterocycles. The summed E-state index contributed by atoms with van der Waals surface area (Å²) in [5.74, 6) is 0.228. The van der Waals surface area contributed by atoms with Crippen LogP contribution in [0.2, 0.25) is 0 Å². The highest BCUT2D eigenvalue weighted by atomic mass is 79.9. The van der Waals surface area contributed by atoms with E-state index in [0.29, 0.717) is 0 Å². The molecule has 1 aromatic rings. The Labute approximate surface area is 86.3 Å². The molecule has 2 rings (SSSR count). The third-order valence-corrected chi connectivity index (χ3v) is 3.40. The maximum absolute atomic E-state index is 10.7. The van der Waals surface area contributed by atoms with E-state index in [-0.39, 0.29) is 5.92 Å². The van der Waals surface area contributed by atoms with Gasteiger partial charge in [-0.3, -0.25) is 0 Å². The number of rotatable bonds is 1. The first-order valence-corrected chi connectivity index (χ1v) is 5.32. The second-order valence-electron chi connectivity index (χ2n) is 3.52. The van der Waals surface area contributed by atoms with E-state index in [1.165, 1.54) is 11.1 Å². The first-order valence-electron chi connectivity index (χ1n) is 4.53. The van der Waals surface area contributed by atoms with Gasteiger partial charge in [0.2, 0.25) is 0 Å². The monoisotopic (exact) mass is 238 g/mol. The van der Waals surface area contributed by atoms with Crippen molar-refractivity contribution in [1.82, 2.24) is 0 Å². The lowest BCUT2D eigenvalue weighted by molar-refractivity contribution is -0.111. The molecule has 1 nitrogen and oxygen atoms in total. The number of carbonyl (C=O) groups excluding carboxylic acids is 1. The molecule has 0 heterocycles. The summed E-state index contributed by atoms with van der Waals surface area (Å²) in [7, 11) is 0. The van der Waals surface area contributed by atoms with E-state index >= 15 is 0 Å². The number of carbonyl (C=O) groups is 1. The van der Waals surface area contributed by atoms with Crippen LogP contribution in [0.4, 0.5) is 0 Å². The molecule has 1 atom stereocenters. The van der Waals surface area contributed by atoms with Gasteiger partial charge >= 0.3 is 0 Å². The molecule has 0 amide bonds. The Morgan fingerprint density at radius 1 is 1.46 bits per heavy atom. The van der Waals surface area contributed by atoms with Crippen LogP contribution in [0.15, 0.2) is 22.7 Å². The van der Waals surface area contributed by atoms with Gasteiger partial charge in [-0.25, -0.2) is 0 Å². The van der Waals surface area contributed by atoms with E-state index in [4.69, 9.17) is 0 Å². The topological polar surface area (TPSA) is 17.1 Å². The van der Waals surface area contributed by atoms with Crippen molar-refractivity contribution >= 4 is 22.2 Å². The number of hydrogen-bond donors (Lipinski definition) is 0. The SMILES string of the molecule is O=CC1CCc2cccc(Br)c2C1. The lowest BCUT2D eigenvalue weighted by Crippen LogP contribution is -2.15. The molecular formula is C11H11BrO. The molecule has 0 bridgehead atoms. The predicted molar refractivity (Wildman–Crippen MR) is 55.7 cm³/mol. The second kappa shape index (κ2) is 3.62. The van der Waals surface area contributed by atoms with Crippen molar-refractivity contribution in [1.29, 1.82) is 0 Å². The van der Waals surface area contributed by atoms with Crippen LogP contribution in [-0.2, 0) is 17.6 Å². The van der Waals surface area contributed by atoms with Gasteiger partial charge in [-0.15, -0.1) is 0 Å². The summed E-state index contributed by atoms with van der Waals surface area (Å²) >= 11 is 3.52. The summed E-state index contributed by atoms with van der Waals surface area (Å²) in [6.45, 7) is 0. The maximum Gasteiger partial charge on any atom is 0.123 e. The number of halogens is 1. The van der Waals surface area contributed by atoms with Crippen LogP contribution in [0.25, 0.3) is 0 Å². The molecule has 0 spiro atoms. The van der Waals surface area contributed by atoms with Crippen LogP contribution in [-0.4, -0.2) is 6.29 Å². The molecule has 0 saturated carbocycles. The van der Waals surface area contributed by atoms with Crippen LogP contribution >= 0.6 is 15.9 Å². The zero-order valence-electron chi connectivity index (χ0n) is 7.29. The standard InChI is InChI=1S/C11H11BrO/c12-11-3-1-2-9-5-4-8(7-13)6-10(9)11/h1-3,7-8H,4-6H2. The van der Waals surface area contributed by atoms with Gasteiger partial charge in [0.25, 0.3) is 0 Å². The van der Waals surface area contributed by atoms with Crippen LogP contribution in [0.1, 0.15) is 17.5 Å². The predicted octanol–water partition coefficient (Wildman–Crippen LogP) is 2.75. The average molecular weight is 239 g/mol. The van der Waals surface area contributed by atoms with E-state index < -0.39 is 0 Å². The van der Waals surface area contributed by atoms with Gasteiger partial charge in [0, 0.05) is 10.4 Å². The lowest BCUT2D eigenvalue weighted by Gasteiger charge is -2.21. The smallest absolute Gasteiger partial charge is 0.123 e. The fourth-order valence-electron chi connectivity index (χ4n) is 1.89. The molecule has 13 heavy (non-hydrogen) atoms. The highest BCUT2D eigenvalue weighted by Crippen LogP contribution is 2.29. The van der Waals surface area contributed by atoms with Gasteiger partial charge in [-0.05, 0) is 36.5 Å². The van der Waals surface area contributed by atoms with E-state index in [1.807, 2.05) is 6.07 Å². The third-order valence-electron chi connectivity index (χ3n) is 2.66. The van der Waals surface area contributed by atoms with Gasteiger partial charge in [0.15, 0.2) is 0 Å². The normalized spacial score (nSPS) is 20.8. The number of benzene rings is 1. The molecule has 0 saturated heterocycles. The Bertz CT molecular complexity index is 333. The summed E-state index contributed by atoms with van der Waals surface area (Å²) in [5.41, 5.74) is 2.72. The first kappa shape index (κ1) is 8.95. The first-order chi connectivity index (χ1) is 6.31. The minimum absolute atomic E-state index is 0.228. The molecule has 0 aliphatic heterocycles. The zero-order valence-corrected chi connectivity index (χ0v) is 8.88. The van der Waals surface area contributed by atoms with Gasteiger partial charge in [-0.2, -0.15) is 0 Å². The van der Waals surface area contributed by atoms with Crippen LogP contribution in [0.3, 0.4) is 0 Å². The molecule has 1 unspecified atom stereocenters.